The molecule has 0 radical (unpaired) electrons. The smallest absolute Gasteiger partial charge is 0.416 e. The van der Waals surface area contributed by atoms with E-state index in [4.69, 9.17) is 4.74 Å². The predicted molar refractivity (Wildman–Crippen MR) is 560 cm³/mol. The lowest BCUT2D eigenvalue weighted by Crippen LogP contribution is -2.25. The molecule has 14 heteroatoms. The van der Waals surface area contributed by atoms with Crippen LogP contribution in [0.3, 0.4) is 0 Å². The molecule has 0 atom stereocenters. The summed E-state index contributed by atoms with van der Waals surface area (Å²) in [6.07, 6.45) is -4.42. The standard InChI is InChI=1S/C26H21NO.C25H16F3NO.C25H19NO2.C25H19NO.C24H17NO/c1-16-7-9-19(10-8-16)21-11-12-24-25-22(21)5-4-6-23(25)26(28)27(24)20-14-17(2)13-18(3)15-20;1-15-5-7-16(8-6-15)19-13-14-22-23-20(19)3-2-4-21(23)24(30)29(22)18-11-9-17(10-12-18)25(26,27)28;1-16-6-8-17(9-7-16)20-14-15-23-24-21(20)4-3-5-22(24)25(27)26(23)18-10-12-19(28-2)13-11-18;1-17-10-12-19(13-11-17)20-14-15-23-24-21(20)8-5-9-22(24)25(27)26(23)16-18-6-3-2-4-7-18;1-16-10-12-17(13-11-16)19-14-15-22-23-20(19)8-5-9-21(23)24(26)25(22)18-6-3-2-4-7-18/h4-15H,1-3H3;2-14H,1H3;3-15H,1-2H3;2-15H,16H2,1H3;2-15H,1H3. The average molecular weight is 1820 g/mol. The van der Waals surface area contributed by atoms with E-state index in [-0.39, 0.29) is 29.5 Å². The SMILES string of the molecule is COc1ccc(N2C(=O)c3cccc4c(-c5ccc(C)cc5)ccc2c34)cc1.Cc1ccc(-c2ccc3c4c(cccc24)C(=O)N3Cc2ccccc2)cc1.Cc1ccc(-c2ccc3c4c(cccc24)C(=O)N3c2cc(C)cc(C)c2)cc1.Cc1ccc(-c2ccc3c4c(cccc24)C(=O)N3c2ccc(C(F)(F)F)cc2)cc1.Cc1ccc(-c2ccc3c4c(cccc24)C(=O)N3c2ccccc2)cc1. The summed E-state index contributed by atoms with van der Waals surface area (Å²) >= 11 is 0. The third-order valence-corrected chi connectivity index (χ3v) is 26.8. The molecule has 674 valence electrons. The zero-order valence-electron chi connectivity index (χ0n) is 77.6. The van der Waals surface area contributed by atoms with E-state index in [1.807, 2.05) is 191 Å². The van der Waals surface area contributed by atoms with E-state index in [0.29, 0.717) is 23.5 Å². The van der Waals surface area contributed by atoms with Gasteiger partial charge in [0.1, 0.15) is 5.75 Å². The molecule has 20 aromatic carbocycles. The summed E-state index contributed by atoms with van der Waals surface area (Å²) < 4.78 is 44.0. The van der Waals surface area contributed by atoms with Gasteiger partial charge in [0.2, 0.25) is 0 Å². The number of rotatable bonds is 12. The molecule has 5 amide bonds. The van der Waals surface area contributed by atoms with Crippen LogP contribution in [-0.4, -0.2) is 36.6 Å². The van der Waals surface area contributed by atoms with Crippen molar-refractivity contribution in [3.05, 3.63) is 478 Å². The van der Waals surface area contributed by atoms with Gasteiger partial charge in [-0.25, -0.2) is 0 Å². The number of carbonyl (C=O) groups excluding carboxylic acids is 5. The molecule has 0 saturated heterocycles. The monoisotopic (exact) mass is 1820 g/mol. The van der Waals surface area contributed by atoms with Gasteiger partial charge in [0.25, 0.3) is 29.5 Å². The lowest BCUT2D eigenvalue weighted by Gasteiger charge is -2.19. The molecule has 25 rings (SSSR count). The molecule has 0 bridgehead atoms. The lowest BCUT2D eigenvalue weighted by atomic mass is 9.95. The Hall–Kier alpha value is -17.4. The highest BCUT2D eigenvalue weighted by molar-refractivity contribution is 6.34. The highest BCUT2D eigenvalue weighted by atomic mass is 19.4. The van der Waals surface area contributed by atoms with E-state index < -0.39 is 11.7 Å². The molecule has 0 spiro atoms. The fraction of sp³-hybridized carbons (Fsp3) is 0.0800. The summed E-state index contributed by atoms with van der Waals surface area (Å²) in [7, 11) is 1.64. The Morgan fingerprint density at radius 2 is 0.496 bits per heavy atom. The first-order valence-electron chi connectivity index (χ1n) is 46.3. The fourth-order valence-electron chi connectivity index (χ4n) is 20.0. The minimum Gasteiger partial charge on any atom is -0.497 e. The van der Waals surface area contributed by atoms with Crippen molar-refractivity contribution in [1.29, 1.82) is 0 Å². The first kappa shape index (κ1) is 88.2. The summed E-state index contributed by atoms with van der Waals surface area (Å²) in [5, 5.41) is 10.4. The Kier molecular flexibility index (Phi) is 22.9. The molecule has 11 nitrogen and oxygen atoms in total. The van der Waals surface area contributed by atoms with E-state index in [2.05, 4.69) is 242 Å². The van der Waals surface area contributed by atoms with E-state index in [1.165, 1.54) is 61.5 Å². The second-order valence-electron chi connectivity index (χ2n) is 36.0. The predicted octanol–water partition coefficient (Wildman–Crippen LogP) is 32.0. The topological polar surface area (TPSA) is 111 Å². The quantitative estimate of drug-likeness (QED) is 0.120. The molecule has 139 heavy (non-hydrogen) atoms. The number of halogens is 3. The van der Waals surface area contributed by atoms with Crippen LogP contribution < -0.4 is 29.2 Å². The van der Waals surface area contributed by atoms with Gasteiger partial charge in [0.15, 0.2) is 0 Å². The van der Waals surface area contributed by atoms with E-state index in [0.717, 1.165) is 189 Å². The molecule has 0 N–H and O–H groups in total. The zero-order valence-corrected chi connectivity index (χ0v) is 77.6. The number of nitrogens with zero attached hydrogens (tertiary/aromatic N) is 5. The van der Waals surface area contributed by atoms with Crippen molar-refractivity contribution in [3.8, 4) is 61.4 Å². The van der Waals surface area contributed by atoms with Gasteiger partial charge in [-0.2, -0.15) is 13.2 Å². The molecule has 0 saturated carbocycles. The third kappa shape index (κ3) is 16.2. The molecular formula is C125H92F3N5O6. The molecule has 20 aromatic rings. The first-order valence-corrected chi connectivity index (χ1v) is 46.3. The zero-order chi connectivity index (χ0) is 95.8. The van der Waals surface area contributed by atoms with Crippen LogP contribution >= 0.6 is 0 Å². The normalized spacial score (nSPS) is 12.9. The number of methoxy groups -OCH3 is 1. The van der Waals surface area contributed by atoms with E-state index in [9.17, 15) is 37.1 Å². The Bertz CT molecular complexity index is 8320. The Morgan fingerprint density at radius 1 is 0.230 bits per heavy atom. The minimum atomic E-state index is -4.42. The number of carbonyl (C=O) groups is 5. The van der Waals surface area contributed by atoms with Gasteiger partial charge in [-0.1, -0.05) is 295 Å². The van der Waals surface area contributed by atoms with Gasteiger partial charge in [-0.3, -0.25) is 43.6 Å². The summed E-state index contributed by atoms with van der Waals surface area (Å²) in [6, 6.07) is 131. The summed E-state index contributed by atoms with van der Waals surface area (Å²) in [5.74, 6) is 0.709. The number of para-hydroxylation sites is 1. The van der Waals surface area contributed by atoms with Crippen molar-refractivity contribution >= 4 is 135 Å². The summed E-state index contributed by atoms with van der Waals surface area (Å²) in [5.41, 5.74) is 31.5. The molecule has 5 aliphatic rings. The minimum absolute atomic E-state index is 0.00632. The Labute approximate surface area is 803 Å². The third-order valence-electron chi connectivity index (χ3n) is 26.8. The molecule has 0 fully saturated rings. The maximum Gasteiger partial charge on any atom is 0.416 e. The van der Waals surface area contributed by atoms with Crippen molar-refractivity contribution < 1.29 is 41.9 Å². The number of alkyl halides is 3. The number of hydrogen-bond donors (Lipinski definition) is 0. The van der Waals surface area contributed by atoms with Crippen LogP contribution in [0, 0.1) is 48.5 Å². The van der Waals surface area contributed by atoms with Crippen LogP contribution in [0.2, 0.25) is 0 Å². The highest BCUT2D eigenvalue weighted by Crippen LogP contribution is 2.52. The number of ether oxygens (including phenoxy) is 1. The maximum absolute atomic E-state index is 13.3. The first-order chi connectivity index (χ1) is 67.5. The van der Waals surface area contributed by atoms with E-state index >= 15 is 0 Å². The second kappa shape index (κ2) is 36.1. The van der Waals surface area contributed by atoms with Crippen LogP contribution in [0.25, 0.3) is 109 Å². The number of anilines is 9. The van der Waals surface area contributed by atoms with Gasteiger partial charge >= 0.3 is 6.18 Å². The van der Waals surface area contributed by atoms with Crippen LogP contribution in [0.15, 0.2) is 400 Å². The van der Waals surface area contributed by atoms with Gasteiger partial charge in [0, 0.05) is 55.2 Å². The molecule has 0 aromatic heterocycles. The molecular weight excluding hydrogens is 1720 g/mol. The van der Waals surface area contributed by atoms with Crippen molar-refractivity contribution in [2.24, 2.45) is 0 Å². The summed E-state index contributed by atoms with van der Waals surface area (Å²) in [4.78, 5) is 74.7. The number of hydrogen-bond acceptors (Lipinski definition) is 6. The van der Waals surface area contributed by atoms with Crippen LogP contribution in [0.5, 0.6) is 5.75 Å². The van der Waals surface area contributed by atoms with Gasteiger partial charge in [-0.05, 0) is 281 Å². The van der Waals surface area contributed by atoms with Crippen LogP contribution in [0.4, 0.5) is 64.4 Å². The molecule has 5 heterocycles. The molecule has 0 aliphatic carbocycles. The largest absolute Gasteiger partial charge is 0.497 e. The Balaban J connectivity index is 0.000000103. The molecule has 5 aliphatic heterocycles. The highest BCUT2D eigenvalue weighted by Gasteiger charge is 2.39. The number of amides is 5. The van der Waals surface area contributed by atoms with Crippen LogP contribution in [-0.2, 0) is 12.7 Å². The average Bonchev–Trinajstić information content (AvgIpc) is 1.57. The van der Waals surface area contributed by atoms with E-state index in [1.54, 1.807) is 18.1 Å². The van der Waals surface area contributed by atoms with Crippen molar-refractivity contribution in [1.82, 2.24) is 0 Å². The van der Waals surface area contributed by atoms with Gasteiger partial charge < -0.3 is 9.64 Å². The van der Waals surface area contributed by atoms with Crippen molar-refractivity contribution in [3.63, 3.8) is 0 Å². The second-order valence-corrected chi connectivity index (χ2v) is 36.0. The van der Waals surface area contributed by atoms with Crippen molar-refractivity contribution in [2.75, 3.05) is 31.6 Å². The Morgan fingerprint density at radius 3 is 0.799 bits per heavy atom. The maximum atomic E-state index is 13.3. The van der Waals surface area contributed by atoms with Crippen LogP contribution in [0.1, 0.15) is 102 Å². The van der Waals surface area contributed by atoms with Gasteiger partial charge in [0.05, 0.1) is 69.9 Å². The summed E-state index contributed by atoms with van der Waals surface area (Å²) in [6.45, 7) is 15.1. The lowest BCUT2D eigenvalue weighted by molar-refractivity contribution is -0.137. The van der Waals surface area contributed by atoms with Gasteiger partial charge in [-0.15, -0.1) is 0 Å². The van der Waals surface area contributed by atoms with Crippen molar-refractivity contribution in [2.45, 2.75) is 61.2 Å². The number of benzene rings is 20. The fourth-order valence-corrected chi connectivity index (χ4v) is 20.0. The number of aryl methyl sites for hydroxylation is 7. The molecule has 0 unspecified atom stereocenters.